The number of aryl methyl sites for hydroxylation is 2. The summed E-state index contributed by atoms with van der Waals surface area (Å²) in [5, 5.41) is 0. The first-order chi connectivity index (χ1) is 13.1. The molecule has 0 aromatic heterocycles. The van der Waals surface area contributed by atoms with E-state index < -0.39 is 10.0 Å². The van der Waals surface area contributed by atoms with Crippen molar-refractivity contribution in [2.24, 2.45) is 5.92 Å². The van der Waals surface area contributed by atoms with E-state index in [4.69, 9.17) is 4.74 Å². The van der Waals surface area contributed by atoms with Crippen molar-refractivity contribution in [3.05, 3.63) is 29.3 Å². The third kappa shape index (κ3) is 5.78. The van der Waals surface area contributed by atoms with Crippen molar-refractivity contribution in [2.75, 3.05) is 32.8 Å². The molecule has 1 saturated heterocycles. The fourth-order valence-corrected chi connectivity index (χ4v) is 4.42. The molecule has 1 aliphatic heterocycles. The number of hydrogen-bond acceptors (Lipinski definition) is 5. The minimum atomic E-state index is -3.58. The fourth-order valence-electron chi connectivity index (χ4n) is 2.91. The van der Waals surface area contributed by atoms with Gasteiger partial charge < -0.3 is 9.64 Å². The number of piperazine rings is 1. The second-order valence-corrected chi connectivity index (χ2v) is 9.56. The number of carbonyl (C=O) groups excluding carboxylic acids is 2. The van der Waals surface area contributed by atoms with Crippen LogP contribution in [0.15, 0.2) is 23.1 Å². The minimum absolute atomic E-state index is 0.224. The van der Waals surface area contributed by atoms with Gasteiger partial charge in [-0.15, -0.1) is 0 Å². The van der Waals surface area contributed by atoms with Crippen LogP contribution < -0.4 is 0 Å². The van der Waals surface area contributed by atoms with Gasteiger partial charge in [0, 0.05) is 32.6 Å². The van der Waals surface area contributed by atoms with E-state index in [0.29, 0.717) is 12.3 Å². The van der Waals surface area contributed by atoms with Crippen LogP contribution in [0.3, 0.4) is 0 Å². The van der Waals surface area contributed by atoms with Gasteiger partial charge in [-0.05, 0) is 49.4 Å². The first-order valence-electron chi connectivity index (χ1n) is 9.62. The number of esters is 1. The summed E-state index contributed by atoms with van der Waals surface area (Å²) in [4.78, 5) is 25.7. The van der Waals surface area contributed by atoms with Crippen molar-refractivity contribution in [1.82, 2.24) is 9.21 Å². The van der Waals surface area contributed by atoms with Gasteiger partial charge in [0.25, 0.3) is 5.91 Å². The van der Waals surface area contributed by atoms with Crippen LogP contribution in [0, 0.1) is 19.8 Å². The molecule has 0 radical (unpaired) electrons. The number of carbonyl (C=O) groups is 2. The molecule has 1 aromatic carbocycles. The number of amides is 1. The van der Waals surface area contributed by atoms with Crippen molar-refractivity contribution < 1.29 is 22.7 Å². The van der Waals surface area contributed by atoms with E-state index in [1.54, 1.807) is 23.1 Å². The summed E-state index contributed by atoms with van der Waals surface area (Å²) < 4.78 is 32.1. The Bertz CT molecular complexity index is 812. The van der Waals surface area contributed by atoms with Gasteiger partial charge in [0.15, 0.2) is 6.61 Å². The molecular weight excluding hydrogens is 380 g/mol. The van der Waals surface area contributed by atoms with Gasteiger partial charge in [-0.3, -0.25) is 9.59 Å². The quantitative estimate of drug-likeness (QED) is 0.643. The standard InChI is InChI=1S/C20H30N2O5S/c1-15(2)5-8-20(24)27-14-19(23)21-9-11-22(12-10-21)28(25,26)18-7-6-16(3)17(4)13-18/h6-7,13,15H,5,8-12,14H2,1-4H3. The SMILES string of the molecule is Cc1ccc(S(=O)(=O)N2CCN(C(=O)COC(=O)CCC(C)C)CC2)cc1C. The highest BCUT2D eigenvalue weighted by molar-refractivity contribution is 7.89. The fraction of sp³-hybridized carbons (Fsp3) is 0.600. The van der Waals surface area contributed by atoms with Crippen LogP contribution in [0.25, 0.3) is 0 Å². The molecule has 1 fully saturated rings. The summed E-state index contributed by atoms with van der Waals surface area (Å²) in [5.41, 5.74) is 1.96. The van der Waals surface area contributed by atoms with Crippen molar-refractivity contribution >= 4 is 21.9 Å². The maximum absolute atomic E-state index is 12.8. The molecule has 0 spiro atoms. The molecule has 1 amide bonds. The van der Waals surface area contributed by atoms with Gasteiger partial charge in [0.05, 0.1) is 4.90 Å². The summed E-state index contributed by atoms with van der Waals surface area (Å²) in [7, 11) is -3.58. The Labute approximate surface area is 167 Å². The minimum Gasteiger partial charge on any atom is -0.456 e. The van der Waals surface area contributed by atoms with Crippen molar-refractivity contribution in [3.8, 4) is 0 Å². The Kier molecular flexibility index (Phi) is 7.60. The van der Waals surface area contributed by atoms with E-state index in [9.17, 15) is 18.0 Å². The molecule has 156 valence electrons. The topological polar surface area (TPSA) is 84.0 Å². The molecule has 0 unspecified atom stereocenters. The summed E-state index contributed by atoms with van der Waals surface area (Å²) >= 11 is 0. The van der Waals surface area contributed by atoms with E-state index in [-0.39, 0.29) is 49.6 Å². The monoisotopic (exact) mass is 410 g/mol. The number of ether oxygens (including phenoxy) is 1. The molecule has 2 rings (SSSR count). The lowest BCUT2D eigenvalue weighted by molar-refractivity contribution is -0.152. The van der Waals surface area contributed by atoms with E-state index in [2.05, 4.69) is 0 Å². The van der Waals surface area contributed by atoms with Gasteiger partial charge in [-0.2, -0.15) is 4.31 Å². The van der Waals surface area contributed by atoms with Crippen LogP contribution in [-0.4, -0.2) is 62.3 Å². The van der Waals surface area contributed by atoms with E-state index in [0.717, 1.165) is 17.5 Å². The molecule has 0 saturated carbocycles. The number of rotatable bonds is 7. The summed E-state index contributed by atoms with van der Waals surface area (Å²) in [5.74, 6) is -0.269. The highest BCUT2D eigenvalue weighted by atomic mass is 32.2. The lowest BCUT2D eigenvalue weighted by Crippen LogP contribution is -2.51. The zero-order valence-corrected chi connectivity index (χ0v) is 17.9. The summed E-state index contributed by atoms with van der Waals surface area (Å²) in [6, 6.07) is 5.10. The summed E-state index contributed by atoms with van der Waals surface area (Å²) in [6.45, 7) is 8.58. The van der Waals surface area contributed by atoms with Crippen LogP contribution in [0.5, 0.6) is 0 Å². The predicted octanol–water partition coefficient (Wildman–Crippen LogP) is 2.12. The maximum Gasteiger partial charge on any atom is 0.306 e. The average molecular weight is 411 g/mol. The van der Waals surface area contributed by atoms with Gasteiger partial charge in [0.2, 0.25) is 10.0 Å². The Morgan fingerprint density at radius 2 is 1.71 bits per heavy atom. The molecule has 0 N–H and O–H groups in total. The third-order valence-corrected chi connectivity index (χ3v) is 6.88. The van der Waals surface area contributed by atoms with Gasteiger partial charge >= 0.3 is 5.97 Å². The normalized spacial score (nSPS) is 15.7. The Hall–Kier alpha value is -1.93. The van der Waals surface area contributed by atoms with Crippen molar-refractivity contribution in [2.45, 2.75) is 45.4 Å². The van der Waals surface area contributed by atoms with Crippen LogP contribution in [0.1, 0.15) is 37.8 Å². The Morgan fingerprint density at radius 3 is 2.29 bits per heavy atom. The number of nitrogens with zero attached hydrogens (tertiary/aromatic N) is 2. The predicted molar refractivity (Wildman–Crippen MR) is 106 cm³/mol. The zero-order valence-electron chi connectivity index (χ0n) is 17.1. The third-order valence-electron chi connectivity index (χ3n) is 4.99. The molecule has 1 aromatic rings. The number of sulfonamides is 1. The molecule has 1 heterocycles. The van der Waals surface area contributed by atoms with E-state index in [1.165, 1.54) is 4.31 Å². The second kappa shape index (κ2) is 9.52. The zero-order chi connectivity index (χ0) is 20.9. The molecule has 0 atom stereocenters. The van der Waals surface area contributed by atoms with Gasteiger partial charge in [-0.25, -0.2) is 8.42 Å². The molecule has 0 aliphatic carbocycles. The maximum atomic E-state index is 12.8. The molecule has 8 heteroatoms. The first kappa shape index (κ1) is 22.4. The molecule has 28 heavy (non-hydrogen) atoms. The lowest BCUT2D eigenvalue weighted by atomic mass is 10.1. The van der Waals surface area contributed by atoms with Crippen LogP contribution in [-0.2, 0) is 24.3 Å². The summed E-state index contributed by atoms with van der Waals surface area (Å²) in [6.07, 6.45) is 1.02. The highest BCUT2D eigenvalue weighted by Gasteiger charge is 2.30. The van der Waals surface area contributed by atoms with E-state index in [1.807, 2.05) is 27.7 Å². The molecule has 0 bridgehead atoms. The molecule has 1 aliphatic rings. The number of hydrogen-bond donors (Lipinski definition) is 0. The first-order valence-corrected chi connectivity index (χ1v) is 11.1. The van der Waals surface area contributed by atoms with Gasteiger partial charge in [0.1, 0.15) is 0 Å². The number of benzene rings is 1. The largest absolute Gasteiger partial charge is 0.456 e. The van der Waals surface area contributed by atoms with Gasteiger partial charge in [-0.1, -0.05) is 19.9 Å². The van der Waals surface area contributed by atoms with Crippen LogP contribution >= 0.6 is 0 Å². The second-order valence-electron chi connectivity index (χ2n) is 7.62. The molecular formula is C20H30N2O5S. The molecule has 7 nitrogen and oxygen atoms in total. The Balaban J connectivity index is 1.87. The Morgan fingerprint density at radius 1 is 1.07 bits per heavy atom. The van der Waals surface area contributed by atoms with Crippen LogP contribution in [0.4, 0.5) is 0 Å². The van der Waals surface area contributed by atoms with Crippen molar-refractivity contribution in [3.63, 3.8) is 0 Å². The highest BCUT2D eigenvalue weighted by Crippen LogP contribution is 2.20. The van der Waals surface area contributed by atoms with Crippen molar-refractivity contribution in [1.29, 1.82) is 0 Å². The lowest BCUT2D eigenvalue weighted by Gasteiger charge is -2.34. The van der Waals surface area contributed by atoms with E-state index >= 15 is 0 Å². The smallest absolute Gasteiger partial charge is 0.306 e. The average Bonchev–Trinajstić information content (AvgIpc) is 2.66. The van der Waals surface area contributed by atoms with Crippen LogP contribution in [0.2, 0.25) is 0 Å².